The molecule has 0 radical (unpaired) electrons. The molecule has 5 rings (SSSR count). The Morgan fingerprint density at radius 1 is 1.21 bits per heavy atom. The Balaban J connectivity index is 1.23. The number of carbonyl (C=O) groups is 1. The van der Waals surface area contributed by atoms with E-state index in [1.165, 1.54) is 6.07 Å². The summed E-state index contributed by atoms with van der Waals surface area (Å²) in [6.07, 6.45) is 0.196. The van der Waals surface area contributed by atoms with E-state index in [9.17, 15) is 9.18 Å². The number of halogens is 1. The molecule has 170 valence electrons. The van der Waals surface area contributed by atoms with Crippen LogP contribution in [0.2, 0.25) is 0 Å². The van der Waals surface area contributed by atoms with Crippen molar-refractivity contribution in [3.05, 3.63) is 77.0 Å². The fourth-order valence-electron chi connectivity index (χ4n) is 3.96. The summed E-state index contributed by atoms with van der Waals surface area (Å²) in [7, 11) is 0. The summed E-state index contributed by atoms with van der Waals surface area (Å²) < 4.78 is 25.1. The van der Waals surface area contributed by atoms with E-state index >= 15 is 0 Å². The van der Waals surface area contributed by atoms with Crippen LogP contribution in [0.15, 0.2) is 48.5 Å². The first kappa shape index (κ1) is 21.1. The van der Waals surface area contributed by atoms with Crippen molar-refractivity contribution < 1.29 is 18.7 Å². The Labute approximate surface area is 189 Å². The minimum absolute atomic E-state index is 0.130. The summed E-state index contributed by atoms with van der Waals surface area (Å²) >= 11 is 0. The number of aromatic nitrogens is 4. The Morgan fingerprint density at radius 2 is 2.09 bits per heavy atom. The smallest absolute Gasteiger partial charge is 0.275 e. The summed E-state index contributed by atoms with van der Waals surface area (Å²) in [6, 6.07) is 14.1. The largest absolute Gasteiger partial charge is 0.490 e. The minimum atomic E-state index is -0.386. The van der Waals surface area contributed by atoms with Crippen molar-refractivity contribution in [2.45, 2.75) is 19.4 Å². The Kier molecular flexibility index (Phi) is 5.78. The van der Waals surface area contributed by atoms with Crippen molar-refractivity contribution in [3.8, 4) is 5.75 Å². The van der Waals surface area contributed by atoms with E-state index in [1.807, 2.05) is 31.2 Å². The van der Waals surface area contributed by atoms with Gasteiger partial charge < -0.3 is 14.4 Å². The lowest BCUT2D eigenvalue weighted by Crippen LogP contribution is -2.42. The molecule has 0 saturated carbocycles. The van der Waals surface area contributed by atoms with E-state index in [0.29, 0.717) is 38.4 Å². The van der Waals surface area contributed by atoms with Gasteiger partial charge >= 0.3 is 0 Å². The van der Waals surface area contributed by atoms with Crippen LogP contribution in [0.1, 0.15) is 33.5 Å². The zero-order valence-corrected chi connectivity index (χ0v) is 18.2. The third-order valence-corrected chi connectivity index (χ3v) is 5.72. The van der Waals surface area contributed by atoms with Crippen LogP contribution in [0.25, 0.3) is 10.9 Å². The second-order valence-corrected chi connectivity index (χ2v) is 8.08. The highest BCUT2D eigenvalue weighted by molar-refractivity contribution is 6.04. The highest BCUT2D eigenvalue weighted by atomic mass is 19.1. The summed E-state index contributed by atoms with van der Waals surface area (Å²) in [5.74, 6) is -0.291. The molecule has 0 unspecified atom stereocenters. The first-order valence-electron chi connectivity index (χ1n) is 10.9. The number of nitrogens with zero attached hydrogens (tertiary/aromatic N) is 3. The number of nitrogens with one attached hydrogen (secondary N) is 2. The SMILES string of the molecule is Cc1ccc2[nH]nc(C(=O)N3CCO[C@@H](c4cc(CCOc5ccccc5F)[nH]n4)C3)c2c1. The third kappa shape index (κ3) is 4.45. The van der Waals surface area contributed by atoms with Gasteiger partial charge in [-0.3, -0.25) is 15.0 Å². The number of aryl methyl sites for hydroxylation is 1. The summed E-state index contributed by atoms with van der Waals surface area (Å²) in [6.45, 7) is 3.58. The van der Waals surface area contributed by atoms with Crippen LogP contribution in [-0.4, -0.2) is 57.5 Å². The third-order valence-electron chi connectivity index (χ3n) is 5.72. The molecule has 1 atom stereocenters. The fraction of sp³-hybridized carbons (Fsp3) is 0.292. The molecule has 1 aliphatic heterocycles. The Hall–Kier alpha value is -3.72. The highest BCUT2D eigenvalue weighted by Gasteiger charge is 2.29. The number of fused-ring (bicyclic) bond motifs is 1. The Morgan fingerprint density at radius 3 is 2.97 bits per heavy atom. The molecule has 0 spiro atoms. The Bertz CT molecular complexity index is 1280. The normalized spacial score (nSPS) is 16.3. The molecule has 1 aliphatic rings. The van der Waals surface area contributed by atoms with Crippen LogP contribution in [0.3, 0.4) is 0 Å². The molecule has 1 saturated heterocycles. The number of amides is 1. The first-order chi connectivity index (χ1) is 16.1. The number of para-hydroxylation sites is 1. The molecule has 2 aromatic carbocycles. The van der Waals surface area contributed by atoms with E-state index < -0.39 is 0 Å². The number of hydrogen-bond acceptors (Lipinski definition) is 5. The maximum Gasteiger partial charge on any atom is 0.275 e. The first-order valence-corrected chi connectivity index (χ1v) is 10.9. The van der Waals surface area contributed by atoms with Crippen LogP contribution in [0, 0.1) is 12.7 Å². The fourth-order valence-corrected chi connectivity index (χ4v) is 3.96. The zero-order valence-electron chi connectivity index (χ0n) is 18.2. The summed E-state index contributed by atoms with van der Waals surface area (Å²) in [4.78, 5) is 14.9. The van der Waals surface area contributed by atoms with Crippen molar-refractivity contribution in [2.24, 2.45) is 0 Å². The average Bonchev–Trinajstić information content (AvgIpc) is 3.47. The highest BCUT2D eigenvalue weighted by Crippen LogP contribution is 2.25. The number of H-pyrrole nitrogens is 2. The van der Waals surface area contributed by atoms with E-state index in [2.05, 4.69) is 20.4 Å². The van der Waals surface area contributed by atoms with Gasteiger partial charge in [-0.1, -0.05) is 23.8 Å². The number of carbonyl (C=O) groups excluding carboxylic acids is 1. The second-order valence-electron chi connectivity index (χ2n) is 8.08. The van der Waals surface area contributed by atoms with E-state index in [0.717, 1.165) is 27.9 Å². The van der Waals surface area contributed by atoms with Gasteiger partial charge in [-0.2, -0.15) is 10.2 Å². The second kappa shape index (κ2) is 9.03. The maximum atomic E-state index is 13.7. The molecular formula is C24H24FN5O3. The van der Waals surface area contributed by atoms with E-state index in [1.54, 1.807) is 23.1 Å². The molecule has 0 aliphatic carbocycles. The number of benzene rings is 2. The standard InChI is InChI=1S/C24H24FN5O3/c1-15-6-7-19-17(12-15)23(29-27-19)24(31)30-9-11-33-22(14-30)20-13-16(26-28-20)8-10-32-21-5-3-2-4-18(21)25/h2-7,12-13,22H,8-11,14H2,1H3,(H,26,28)(H,27,29)/t22-/m1/s1. The van der Waals surface area contributed by atoms with Gasteiger partial charge in [0, 0.05) is 24.0 Å². The maximum absolute atomic E-state index is 13.7. The predicted octanol–water partition coefficient (Wildman–Crippen LogP) is 3.57. The molecule has 0 bridgehead atoms. The number of ether oxygens (including phenoxy) is 2. The predicted molar refractivity (Wildman–Crippen MR) is 120 cm³/mol. The van der Waals surface area contributed by atoms with E-state index in [4.69, 9.17) is 9.47 Å². The molecule has 1 fully saturated rings. The van der Waals surface area contributed by atoms with Gasteiger partial charge in [0.1, 0.15) is 6.10 Å². The topological polar surface area (TPSA) is 96.1 Å². The van der Waals surface area contributed by atoms with Crippen molar-refractivity contribution in [1.29, 1.82) is 0 Å². The van der Waals surface area contributed by atoms with Gasteiger partial charge in [0.15, 0.2) is 17.3 Å². The molecule has 9 heteroatoms. The van der Waals surface area contributed by atoms with Crippen LogP contribution in [-0.2, 0) is 11.2 Å². The summed E-state index contributed by atoms with van der Waals surface area (Å²) in [5, 5.41) is 15.4. The van der Waals surface area contributed by atoms with Crippen molar-refractivity contribution >= 4 is 16.8 Å². The van der Waals surface area contributed by atoms with Crippen LogP contribution < -0.4 is 4.74 Å². The molecular weight excluding hydrogens is 425 g/mol. The monoisotopic (exact) mass is 449 g/mol. The molecule has 2 aromatic heterocycles. The van der Waals surface area contributed by atoms with Crippen LogP contribution in [0.5, 0.6) is 5.75 Å². The van der Waals surface area contributed by atoms with Crippen LogP contribution in [0.4, 0.5) is 4.39 Å². The molecule has 2 N–H and O–H groups in total. The van der Waals surface area contributed by atoms with Gasteiger partial charge in [-0.25, -0.2) is 4.39 Å². The molecule has 1 amide bonds. The summed E-state index contributed by atoms with van der Waals surface area (Å²) in [5.41, 5.74) is 3.89. The van der Waals surface area contributed by atoms with E-state index in [-0.39, 0.29) is 23.6 Å². The molecule has 3 heterocycles. The lowest BCUT2D eigenvalue weighted by atomic mass is 10.1. The van der Waals surface area contributed by atoms with Gasteiger partial charge in [0.2, 0.25) is 0 Å². The lowest BCUT2D eigenvalue weighted by Gasteiger charge is -2.31. The minimum Gasteiger partial charge on any atom is -0.490 e. The van der Waals surface area contributed by atoms with Gasteiger partial charge in [-0.15, -0.1) is 0 Å². The molecule has 4 aromatic rings. The quantitative estimate of drug-likeness (QED) is 0.469. The van der Waals surface area contributed by atoms with Crippen LogP contribution >= 0.6 is 0 Å². The number of aromatic amines is 2. The number of hydrogen-bond donors (Lipinski definition) is 2. The van der Waals surface area contributed by atoms with Gasteiger partial charge in [0.05, 0.1) is 31.0 Å². The molecule has 33 heavy (non-hydrogen) atoms. The zero-order chi connectivity index (χ0) is 22.8. The molecule has 8 nitrogen and oxygen atoms in total. The van der Waals surface area contributed by atoms with Gasteiger partial charge in [-0.05, 0) is 37.3 Å². The number of rotatable bonds is 6. The van der Waals surface area contributed by atoms with Crippen molar-refractivity contribution in [1.82, 2.24) is 25.3 Å². The average molecular weight is 449 g/mol. The van der Waals surface area contributed by atoms with Crippen molar-refractivity contribution in [2.75, 3.05) is 26.3 Å². The van der Waals surface area contributed by atoms with Crippen molar-refractivity contribution in [3.63, 3.8) is 0 Å². The van der Waals surface area contributed by atoms with Gasteiger partial charge in [0.25, 0.3) is 5.91 Å². The lowest BCUT2D eigenvalue weighted by molar-refractivity contribution is -0.0248. The number of morpholine rings is 1.